The first-order chi connectivity index (χ1) is 21.1. The lowest BCUT2D eigenvalue weighted by atomic mass is 9.67. The molecule has 2 spiro atoms. The topological polar surface area (TPSA) is 136 Å². The summed E-state index contributed by atoms with van der Waals surface area (Å²) in [7, 11) is 3.69. The highest BCUT2D eigenvalue weighted by atomic mass is 16.2. The van der Waals surface area contributed by atoms with Crippen molar-refractivity contribution < 1.29 is 28.8 Å². The first kappa shape index (κ1) is 26.7. The van der Waals surface area contributed by atoms with Crippen LogP contribution >= 0.6 is 0 Å². The zero-order valence-corrected chi connectivity index (χ0v) is 24.5. The van der Waals surface area contributed by atoms with E-state index >= 15 is 0 Å². The summed E-state index contributed by atoms with van der Waals surface area (Å²) in [5, 5.41) is 6.68. The number of hydrogen-bond acceptors (Lipinski definition) is 6. The molecule has 0 bridgehead atoms. The minimum atomic E-state index is -1.20. The Morgan fingerprint density at radius 3 is 1.34 bits per heavy atom. The van der Waals surface area contributed by atoms with Gasteiger partial charge in [-0.25, -0.2) is 0 Å². The van der Waals surface area contributed by atoms with E-state index in [9.17, 15) is 28.8 Å². The lowest BCUT2D eigenvalue weighted by molar-refractivity contribution is -0.141. The van der Waals surface area contributed by atoms with Crippen molar-refractivity contribution >= 4 is 57.0 Å². The third kappa shape index (κ3) is 3.31. The minimum absolute atomic E-state index is 0.159. The molecule has 2 aromatic heterocycles. The van der Waals surface area contributed by atoms with Crippen LogP contribution in [0, 0.1) is 10.8 Å². The molecule has 4 aliphatic rings. The van der Waals surface area contributed by atoms with E-state index in [0.29, 0.717) is 37.1 Å². The minimum Gasteiger partial charge on any atom is -0.341 e. The molecule has 10 nitrogen and oxygen atoms in total. The average molecular weight is 591 g/mol. The van der Waals surface area contributed by atoms with Gasteiger partial charge in [0, 0.05) is 48.7 Å². The van der Waals surface area contributed by atoms with Crippen molar-refractivity contribution in [2.24, 2.45) is 24.9 Å². The zero-order valence-electron chi connectivity index (χ0n) is 24.5. The van der Waals surface area contributed by atoms with Crippen LogP contribution < -0.4 is 10.6 Å². The SMILES string of the molecule is Cn1c2c(c3cc(-c4ccc5c(c4)c4c(n5C)C(=O)C5(CCC(=O)NC5=O)CC4)ccc31)CCC1(CCC(=O)NC1=O)C2=O. The smallest absolute Gasteiger partial charge is 0.240 e. The molecule has 2 saturated heterocycles. The second-order valence-electron chi connectivity index (χ2n) is 12.8. The van der Waals surface area contributed by atoms with Crippen LogP contribution in [0.4, 0.5) is 0 Å². The summed E-state index contributed by atoms with van der Waals surface area (Å²) in [4.78, 5) is 77.1. The van der Waals surface area contributed by atoms with Gasteiger partial charge >= 0.3 is 0 Å². The Balaban J connectivity index is 1.20. The molecule has 0 saturated carbocycles. The summed E-state index contributed by atoms with van der Waals surface area (Å²) >= 11 is 0. The Labute approximate surface area is 251 Å². The van der Waals surface area contributed by atoms with Gasteiger partial charge in [-0.3, -0.25) is 39.4 Å². The first-order valence-electron chi connectivity index (χ1n) is 15.1. The van der Waals surface area contributed by atoms with E-state index in [4.69, 9.17) is 0 Å². The highest BCUT2D eigenvalue weighted by molar-refractivity contribution is 6.21. The number of rotatable bonds is 1. The number of aromatic nitrogens is 2. The van der Waals surface area contributed by atoms with Gasteiger partial charge < -0.3 is 9.13 Å². The lowest BCUT2D eigenvalue weighted by Gasteiger charge is -2.37. The van der Waals surface area contributed by atoms with E-state index in [0.717, 1.165) is 44.1 Å². The molecule has 2 N–H and O–H groups in total. The number of ketones is 2. The number of benzene rings is 2. The Morgan fingerprint density at radius 2 is 0.955 bits per heavy atom. The normalized spacial score (nSPS) is 25.1. The predicted molar refractivity (Wildman–Crippen MR) is 160 cm³/mol. The molecule has 2 aromatic carbocycles. The van der Waals surface area contributed by atoms with Crippen molar-refractivity contribution in [3.63, 3.8) is 0 Å². The van der Waals surface area contributed by atoms with Gasteiger partial charge in [0.1, 0.15) is 10.8 Å². The predicted octanol–water partition coefficient (Wildman–Crippen LogP) is 3.44. The van der Waals surface area contributed by atoms with Gasteiger partial charge in [0.15, 0.2) is 11.6 Å². The number of carbonyl (C=O) groups excluding carboxylic acids is 6. The van der Waals surface area contributed by atoms with Crippen molar-refractivity contribution in [1.29, 1.82) is 0 Å². The molecule has 2 aliphatic carbocycles. The van der Waals surface area contributed by atoms with E-state index in [1.807, 2.05) is 47.5 Å². The molecule has 2 aliphatic heterocycles. The Hall–Kier alpha value is -4.86. The van der Waals surface area contributed by atoms with Crippen LogP contribution in [0.3, 0.4) is 0 Å². The van der Waals surface area contributed by atoms with Crippen molar-refractivity contribution in [1.82, 2.24) is 19.8 Å². The summed E-state index contributed by atoms with van der Waals surface area (Å²) < 4.78 is 3.74. The molecule has 222 valence electrons. The summed E-state index contributed by atoms with van der Waals surface area (Å²) in [6.07, 6.45) is 2.62. The number of hydrogen-bond donors (Lipinski definition) is 2. The number of Topliss-reactive ketones (excluding diaryl/α,β-unsaturated/α-hetero) is 2. The number of nitrogens with one attached hydrogen (secondary N) is 2. The second kappa shape index (κ2) is 8.84. The van der Waals surface area contributed by atoms with E-state index < -0.39 is 22.6 Å². The quantitative estimate of drug-likeness (QED) is 0.258. The van der Waals surface area contributed by atoms with Gasteiger partial charge in [0.05, 0.1) is 11.4 Å². The monoisotopic (exact) mass is 590 g/mol. The highest BCUT2D eigenvalue weighted by Crippen LogP contribution is 2.46. The number of aryl methyl sites for hydroxylation is 4. The molecule has 2 unspecified atom stereocenters. The maximum absolute atomic E-state index is 13.9. The third-order valence-electron chi connectivity index (χ3n) is 10.8. The standard InChI is InChI=1S/C34H30N4O6/c1-37-23-5-3-17(15-21(23)19-7-11-33(29(41)27(19)37)13-9-25(39)35-31(33)43)18-4-6-24-22(16-18)20-8-12-34(30(42)28(20)38(24)2)14-10-26(40)36-32(34)44/h3-6,15-16H,7-14H2,1-2H3,(H,35,39,43)(H,36,40,44). The highest BCUT2D eigenvalue weighted by Gasteiger charge is 2.54. The van der Waals surface area contributed by atoms with Crippen LogP contribution in [0.2, 0.25) is 0 Å². The Bertz CT molecular complexity index is 1930. The zero-order chi connectivity index (χ0) is 30.7. The largest absolute Gasteiger partial charge is 0.341 e. The van der Waals surface area contributed by atoms with Crippen LogP contribution in [0.15, 0.2) is 36.4 Å². The molecule has 44 heavy (non-hydrogen) atoms. The molecule has 2 fully saturated rings. The summed E-state index contributed by atoms with van der Waals surface area (Å²) in [6.45, 7) is 0. The molecule has 10 heteroatoms. The second-order valence-corrected chi connectivity index (χ2v) is 12.8. The molecular formula is C34H30N4O6. The van der Waals surface area contributed by atoms with E-state index in [1.54, 1.807) is 0 Å². The molecule has 4 heterocycles. The molecular weight excluding hydrogens is 560 g/mol. The fourth-order valence-corrected chi connectivity index (χ4v) is 8.25. The van der Waals surface area contributed by atoms with Gasteiger partial charge in [-0.15, -0.1) is 0 Å². The summed E-state index contributed by atoms with van der Waals surface area (Å²) in [5.41, 5.74) is 4.21. The molecule has 0 radical (unpaired) electrons. The summed E-state index contributed by atoms with van der Waals surface area (Å²) in [5.74, 6) is -2.09. The van der Waals surface area contributed by atoms with Gasteiger partial charge in [-0.05, 0) is 85.0 Å². The van der Waals surface area contributed by atoms with Gasteiger partial charge in [0.2, 0.25) is 23.6 Å². The number of fused-ring (bicyclic) bond motifs is 6. The maximum atomic E-state index is 13.9. The van der Waals surface area contributed by atoms with Crippen molar-refractivity contribution in [2.75, 3.05) is 0 Å². The lowest BCUT2D eigenvalue weighted by Crippen LogP contribution is -2.54. The molecule has 4 aromatic rings. The summed E-state index contributed by atoms with van der Waals surface area (Å²) in [6, 6.07) is 12.2. The van der Waals surface area contributed by atoms with Crippen LogP contribution in [-0.2, 0) is 46.1 Å². The van der Waals surface area contributed by atoms with Crippen LogP contribution in [0.5, 0.6) is 0 Å². The molecule has 2 atom stereocenters. The third-order valence-corrected chi connectivity index (χ3v) is 10.8. The van der Waals surface area contributed by atoms with Gasteiger partial charge in [-0.2, -0.15) is 0 Å². The van der Waals surface area contributed by atoms with Crippen molar-refractivity contribution in [2.45, 2.75) is 51.4 Å². The number of nitrogens with zero attached hydrogens (tertiary/aromatic N) is 2. The van der Waals surface area contributed by atoms with Crippen LogP contribution in [-0.4, -0.2) is 44.3 Å². The number of piperidine rings is 2. The maximum Gasteiger partial charge on any atom is 0.240 e. The molecule has 8 rings (SSSR count). The van der Waals surface area contributed by atoms with Crippen molar-refractivity contribution in [3.8, 4) is 11.1 Å². The Kier molecular flexibility index (Phi) is 5.37. The van der Waals surface area contributed by atoms with E-state index in [2.05, 4.69) is 22.8 Å². The Morgan fingerprint density at radius 1 is 0.568 bits per heavy atom. The number of carbonyl (C=O) groups is 6. The fraction of sp³-hybridized carbons (Fsp3) is 0.353. The average Bonchev–Trinajstić information content (AvgIpc) is 3.46. The van der Waals surface area contributed by atoms with Crippen molar-refractivity contribution in [3.05, 3.63) is 58.9 Å². The van der Waals surface area contributed by atoms with E-state index in [1.165, 1.54) is 0 Å². The van der Waals surface area contributed by atoms with E-state index in [-0.39, 0.29) is 49.1 Å². The number of imide groups is 2. The van der Waals surface area contributed by atoms with Gasteiger partial charge in [-0.1, -0.05) is 12.1 Å². The van der Waals surface area contributed by atoms with Crippen LogP contribution in [0.25, 0.3) is 32.9 Å². The fourth-order valence-electron chi connectivity index (χ4n) is 8.25. The van der Waals surface area contributed by atoms with Crippen LogP contribution in [0.1, 0.15) is 70.6 Å². The molecule has 4 amide bonds. The first-order valence-corrected chi connectivity index (χ1v) is 15.1. The van der Waals surface area contributed by atoms with Gasteiger partial charge in [0.25, 0.3) is 0 Å². The number of amides is 4.